The second kappa shape index (κ2) is 8.26. The Balaban J connectivity index is 1.75. The Morgan fingerprint density at radius 1 is 1.19 bits per heavy atom. The van der Waals surface area contributed by atoms with Crippen molar-refractivity contribution in [3.63, 3.8) is 0 Å². The molecule has 0 spiro atoms. The molecule has 0 saturated heterocycles. The van der Waals surface area contributed by atoms with Crippen LogP contribution in [0.2, 0.25) is 0 Å². The maximum absolute atomic E-state index is 12.0. The van der Waals surface area contributed by atoms with E-state index in [9.17, 15) is 9.59 Å². The van der Waals surface area contributed by atoms with E-state index >= 15 is 0 Å². The Hall–Kier alpha value is -2.80. The van der Waals surface area contributed by atoms with Crippen molar-refractivity contribution < 1.29 is 14.3 Å². The fourth-order valence-corrected chi connectivity index (χ4v) is 3.80. The Morgan fingerprint density at radius 3 is 2.67 bits per heavy atom. The van der Waals surface area contributed by atoms with Crippen LogP contribution in [-0.2, 0) is 16.2 Å². The summed E-state index contributed by atoms with van der Waals surface area (Å²) in [5.74, 6) is 0.299. The summed E-state index contributed by atoms with van der Waals surface area (Å²) in [5.41, 5.74) is 3.18. The molecular weight excluding hydrogens is 362 g/mol. The molecule has 3 rings (SSSR count). The number of carbonyl (C=O) groups excluding carboxylic acids is 2. The molecule has 2 amide bonds. The van der Waals surface area contributed by atoms with Crippen LogP contribution in [-0.4, -0.2) is 22.0 Å². The quantitative estimate of drug-likeness (QED) is 0.876. The van der Waals surface area contributed by atoms with Crippen LogP contribution in [0.4, 0.5) is 0 Å². The molecule has 0 unspecified atom stereocenters. The first-order valence-corrected chi connectivity index (χ1v) is 9.42. The van der Waals surface area contributed by atoms with Gasteiger partial charge in [0, 0.05) is 13.8 Å². The van der Waals surface area contributed by atoms with Gasteiger partial charge in [0.25, 0.3) is 0 Å². The van der Waals surface area contributed by atoms with Crippen LogP contribution in [0.3, 0.4) is 0 Å². The summed E-state index contributed by atoms with van der Waals surface area (Å²) in [4.78, 5) is 23.2. The zero-order valence-corrected chi connectivity index (χ0v) is 16.2. The lowest BCUT2D eigenvalue weighted by Gasteiger charge is -2.20. The van der Waals surface area contributed by atoms with Gasteiger partial charge in [0.1, 0.15) is 17.7 Å². The van der Waals surface area contributed by atoms with Crippen molar-refractivity contribution in [2.45, 2.75) is 32.8 Å². The largest absolute Gasteiger partial charge is 0.489 e. The van der Waals surface area contributed by atoms with Crippen LogP contribution in [0, 0.1) is 6.92 Å². The highest BCUT2D eigenvalue weighted by Crippen LogP contribution is 2.39. The van der Waals surface area contributed by atoms with Gasteiger partial charge in [-0.2, -0.15) is 0 Å². The fraction of sp³-hybridized carbons (Fsp3) is 0.250. The van der Waals surface area contributed by atoms with E-state index in [1.54, 1.807) is 0 Å². The highest BCUT2D eigenvalue weighted by atomic mass is 32.2. The number of amidine groups is 1. The van der Waals surface area contributed by atoms with Crippen molar-refractivity contribution in [2.75, 3.05) is 0 Å². The number of carbonyl (C=O) groups is 2. The Kier molecular flexibility index (Phi) is 5.81. The smallest absolute Gasteiger partial charge is 0.241 e. The molecule has 1 aliphatic heterocycles. The molecular formula is C20H21N3O3S. The Bertz CT molecular complexity index is 898. The Labute approximate surface area is 162 Å². The van der Waals surface area contributed by atoms with Gasteiger partial charge >= 0.3 is 0 Å². The minimum Gasteiger partial charge on any atom is -0.489 e. The fourth-order valence-electron chi connectivity index (χ4n) is 2.67. The molecule has 0 saturated carbocycles. The van der Waals surface area contributed by atoms with E-state index in [0.717, 1.165) is 11.1 Å². The SMILES string of the molecule is CC(=O)NC1=NN(C(C)=O)[C@@H](c2cccc(OCc3ccccc3C)c2)S1. The number of thioether (sulfide) groups is 1. The molecule has 2 aromatic carbocycles. The minimum absolute atomic E-state index is 0.195. The summed E-state index contributed by atoms with van der Waals surface area (Å²) in [6.07, 6.45) is 0. The Morgan fingerprint density at radius 2 is 1.96 bits per heavy atom. The van der Waals surface area contributed by atoms with E-state index in [-0.39, 0.29) is 17.2 Å². The third-order valence-corrected chi connectivity index (χ3v) is 5.15. The van der Waals surface area contributed by atoms with Crippen molar-refractivity contribution in [1.29, 1.82) is 0 Å². The maximum atomic E-state index is 12.0. The van der Waals surface area contributed by atoms with E-state index in [1.807, 2.05) is 42.5 Å². The summed E-state index contributed by atoms with van der Waals surface area (Å²) in [7, 11) is 0. The van der Waals surface area contributed by atoms with Gasteiger partial charge in [-0.25, -0.2) is 5.01 Å². The summed E-state index contributed by atoms with van der Waals surface area (Å²) in [6, 6.07) is 15.7. The lowest BCUT2D eigenvalue weighted by Crippen LogP contribution is -2.25. The third-order valence-electron chi connectivity index (χ3n) is 4.05. The van der Waals surface area contributed by atoms with E-state index in [2.05, 4.69) is 23.4 Å². The number of hydrogen-bond donors (Lipinski definition) is 1. The molecule has 1 heterocycles. The lowest BCUT2D eigenvalue weighted by molar-refractivity contribution is -0.129. The van der Waals surface area contributed by atoms with Crippen molar-refractivity contribution in [1.82, 2.24) is 10.3 Å². The summed E-state index contributed by atoms with van der Waals surface area (Å²) in [6.45, 7) is 5.38. The number of amides is 2. The van der Waals surface area contributed by atoms with Gasteiger partial charge in [0.15, 0.2) is 5.17 Å². The molecule has 140 valence electrons. The molecule has 2 aromatic rings. The van der Waals surface area contributed by atoms with Gasteiger partial charge in [0.2, 0.25) is 11.8 Å². The number of rotatable bonds is 4. The number of hydrazone groups is 1. The van der Waals surface area contributed by atoms with Crippen LogP contribution in [0.25, 0.3) is 0 Å². The van der Waals surface area contributed by atoms with Crippen molar-refractivity contribution in [3.05, 3.63) is 65.2 Å². The highest BCUT2D eigenvalue weighted by molar-refractivity contribution is 8.14. The number of benzene rings is 2. The molecule has 0 fully saturated rings. The molecule has 0 aromatic heterocycles. The van der Waals surface area contributed by atoms with Gasteiger partial charge in [0.05, 0.1) is 0 Å². The first-order chi connectivity index (χ1) is 12.9. The van der Waals surface area contributed by atoms with Crippen LogP contribution in [0.1, 0.15) is 35.9 Å². The van der Waals surface area contributed by atoms with Gasteiger partial charge in [-0.15, -0.1) is 5.10 Å². The van der Waals surface area contributed by atoms with Crippen molar-refractivity contribution >= 4 is 28.7 Å². The number of aryl methyl sites for hydroxylation is 1. The first-order valence-electron chi connectivity index (χ1n) is 8.54. The van der Waals surface area contributed by atoms with Crippen molar-refractivity contribution in [3.8, 4) is 5.75 Å². The van der Waals surface area contributed by atoms with Crippen LogP contribution in [0.5, 0.6) is 5.75 Å². The normalized spacial score (nSPS) is 16.0. The van der Waals surface area contributed by atoms with Crippen molar-refractivity contribution in [2.24, 2.45) is 5.10 Å². The predicted octanol–water partition coefficient (Wildman–Crippen LogP) is 3.58. The number of nitrogens with one attached hydrogen (secondary N) is 1. The van der Waals surface area contributed by atoms with Crippen LogP contribution >= 0.6 is 11.8 Å². The molecule has 7 heteroatoms. The summed E-state index contributed by atoms with van der Waals surface area (Å²) >= 11 is 1.32. The topological polar surface area (TPSA) is 71.0 Å². The molecule has 0 bridgehead atoms. The molecule has 1 atom stereocenters. The molecule has 0 radical (unpaired) electrons. The van der Waals surface area contributed by atoms with E-state index < -0.39 is 0 Å². The number of hydrogen-bond acceptors (Lipinski definition) is 5. The average molecular weight is 383 g/mol. The molecule has 1 aliphatic rings. The van der Waals surface area contributed by atoms with Gasteiger partial charge in [-0.3, -0.25) is 9.59 Å². The van der Waals surface area contributed by atoms with E-state index in [0.29, 0.717) is 17.5 Å². The molecule has 27 heavy (non-hydrogen) atoms. The van der Waals surface area contributed by atoms with Crippen LogP contribution in [0.15, 0.2) is 53.6 Å². The second-order valence-corrected chi connectivity index (χ2v) is 7.28. The van der Waals surface area contributed by atoms with Gasteiger partial charge < -0.3 is 10.1 Å². The van der Waals surface area contributed by atoms with E-state index in [4.69, 9.17) is 4.74 Å². The molecule has 1 N–H and O–H groups in total. The average Bonchev–Trinajstić information content (AvgIpc) is 3.05. The maximum Gasteiger partial charge on any atom is 0.241 e. The zero-order valence-electron chi connectivity index (χ0n) is 15.4. The highest BCUT2D eigenvalue weighted by Gasteiger charge is 2.32. The molecule has 0 aliphatic carbocycles. The second-order valence-electron chi connectivity index (χ2n) is 6.21. The standard InChI is InChI=1S/C20H21N3O3S/c1-13-7-4-5-8-17(13)12-26-18-10-6-9-16(11-18)19-23(15(3)25)22-20(27-19)21-14(2)24/h4-11,19H,12H2,1-3H3,(H,21,22,24)/t19-/m1/s1. The predicted molar refractivity (Wildman–Crippen MR) is 106 cm³/mol. The van der Waals surface area contributed by atoms with Gasteiger partial charge in [-0.1, -0.05) is 48.2 Å². The zero-order chi connectivity index (χ0) is 19.4. The van der Waals surface area contributed by atoms with Gasteiger partial charge in [-0.05, 0) is 35.7 Å². The first kappa shape index (κ1) is 19.0. The lowest BCUT2D eigenvalue weighted by atomic mass is 10.1. The monoisotopic (exact) mass is 383 g/mol. The summed E-state index contributed by atoms with van der Waals surface area (Å²) < 4.78 is 5.94. The number of nitrogens with zero attached hydrogens (tertiary/aromatic N) is 2. The summed E-state index contributed by atoms with van der Waals surface area (Å²) in [5, 5.41) is 8.29. The third kappa shape index (κ3) is 4.68. The van der Waals surface area contributed by atoms with Crippen LogP contribution < -0.4 is 10.1 Å². The number of ether oxygens (including phenoxy) is 1. The minimum atomic E-state index is -0.341. The van der Waals surface area contributed by atoms with E-state index in [1.165, 1.54) is 36.2 Å². The molecule has 6 nitrogen and oxygen atoms in total.